The lowest BCUT2D eigenvalue weighted by atomic mass is 10.1. The zero-order valence-electron chi connectivity index (χ0n) is 12.5. The number of carbonyl (C=O) groups excluding carboxylic acids is 1. The zero-order chi connectivity index (χ0) is 16.4. The summed E-state index contributed by atoms with van der Waals surface area (Å²) in [6, 6.07) is 7.48. The predicted molar refractivity (Wildman–Crippen MR) is 92.0 cm³/mol. The van der Waals surface area contributed by atoms with Gasteiger partial charge in [-0.1, -0.05) is 18.2 Å². The number of benzene rings is 1. The van der Waals surface area contributed by atoms with E-state index in [1.165, 1.54) is 5.41 Å². The molecule has 0 radical (unpaired) electrons. The van der Waals surface area contributed by atoms with Gasteiger partial charge in [-0.05, 0) is 19.1 Å². The van der Waals surface area contributed by atoms with Gasteiger partial charge in [0.05, 0.1) is 16.5 Å². The number of rotatable bonds is 4. The maximum absolute atomic E-state index is 12.1. The highest BCUT2D eigenvalue weighted by atomic mass is 32.2. The van der Waals surface area contributed by atoms with E-state index in [1.807, 2.05) is 36.6 Å². The third-order valence-electron chi connectivity index (χ3n) is 3.51. The van der Waals surface area contributed by atoms with Gasteiger partial charge in [-0.2, -0.15) is 0 Å². The van der Waals surface area contributed by atoms with Crippen LogP contribution in [0.1, 0.15) is 11.4 Å². The van der Waals surface area contributed by atoms with Crippen LogP contribution in [-0.2, 0) is 14.6 Å². The van der Waals surface area contributed by atoms with E-state index < -0.39 is 9.84 Å². The van der Waals surface area contributed by atoms with Crippen LogP contribution < -0.4 is 5.32 Å². The van der Waals surface area contributed by atoms with Crippen molar-refractivity contribution in [3.8, 4) is 11.3 Å². The topological polar surface area (TPSA) is 76.1 Å². The number of aryl methyl sites for hydroxylation is 1. The van der Waals surface area contributed by atoms with Crippen LogP contribution in [0.5, 0.6) is 0 Å². The summed E-state index contributed by atoms with van der Waals surface area (Å²) in [5.41, 5.74) is 2.51. The normalized spacial score (nSPS) is 18.9. The molecule has 0 bridgehead atoms. The fourth-order valence-electron chi connectivity index (χ4n) is 2.47. The van der Waals surface area contributed by atoms with Gasteiger partial charge in [0.1, 0.15) is 0 Å². The molecule has 2 aromatic rings. The summed E-state index contributed by atoms with van der Waals surface area (Å²) in [6.07, 6.45) is 1.75. The lowest BCUT2D eigenvalue weighted by molar-refractivity contribution is -0.116. The van der Waals surface area contributed by atoms with E-state index in [1.54, 1.807) is 17.4 Å². The second kappa shape index (κ2) is 6.25. The Labute approximate surface area is 139 Å². The SMILES string of the molecule is Cc1nc(-c2cccc(NC(=O)C[C@H]3C=CS(=O)(=O)C3)c2)cs1. The number of sulfone groups is 1. The van der Waals surface area contributed by atoms with Crippen LogP contribution in [0.3, 0.4) is 0 Å². The van der Waals surface area contributed by atoms with Crippen molar-refractivity contribution in [1.29, 1.82) is 0 Å². The van der Waals surface area contributed by atoms with Crippen LogP contribution in [0.2, 0.25) is 0 Å². The number of allylic oxidation sites excluding steroid dienone is 1. The number of amides is 1. The number of nitrogens with one attached hydrogen (secondary N) is 1. The molecule has 1 aromatic carbocycles. The van der Waals surface area contributed by atoms with Gasteiger partial charge in [0.2, 0.25) is 5.91 Å². The second-order valence-corrected chi connectivity index (χ2v) is 8.50. The molecule has 2 heterocycles. The van der Waals surface area contributed by atoms with Gasteiger partial charge in [-0.15, -0.1) is 11.3 Å². The average Bonchev–Trinajstić information content (AvgIpc) is 3.05. The van der Waals surface area contributed by atoms with E-state index in [-0.39, 0.29) is 24.0 Å². The molecule has 0 fully saturated rings. The van der Waals surface area contributed by atoms with Gasteiger partial charge in [0.25, 0.3) is 0 Å². The quantitative estimate of drug-likeness (QED) is 0.921. The largest absolute Gasteiger partial charge is 0.326 e. The van der Waals surface area contributed by atoms with Crippen molar-refractivity contribution in [2.45, 2.75) is 13.3 Å². The number of nitrogens with zero attached hydrogens (tertiary/aromatic N) is 1. The van der Waals surface area contributed by atoms with Crippen LogP contribution in [0.25, 0.3) is 11.3 Å². The summed E-state index contributed by atoms with van der Waals surface area (Å²) < 4.78 is 22.7. The highest BCUT2D eigenvalue weighted by Gasteiger charge is 2.23. The summed E-state index contributed by atoms with van der Waals surface area (Å²) in [7, 11) is -3.12. The Morgan fingerprint density at radius 2 is 2.26 bits per heavy atom. The Hall–Kier alpha value is -1.99. The van der Waals surface area contributed by atoms with Crippen molar-refractivity contribution < 1.29 is 13.2 Å². The van der Waals surface area contributed by atoms with Crippen molar-refractivity contribution in [2.75, 3.05) is 11.1 Å². The summed E-state index contributed by atoms with van der Waals surface area (Å²) in [5.74, 6) is -0.425. The fraction of sp³-hybridized carbons (Fsp3) is 0.250. The molecule has 0 unspecified atom stereocenters. The molecular formula is C16H16N2O3S2. The van der Waals surface area contributed by atoms with Gasteiger partial charge in [-0.3, -0.25) is 4.79 Å². The summed E-state index contributed by atoms with van der Waals surface area (Å²) in [5, 5.41) is 6.98. The Kier molecular flexibility index (Phi) is 4.32. The maximum atomic E-state index is 12.1. The van der Waals surface area contributed by atoms with Gasteiger partial charge in [0.15, 0.2) is 9.84 Å². The second-order valence-electron chi connectivity index (χ2n) is 5.50. The predicted octanol–water partition coefficient (Wildman–Crippen LogP) is 3.01. The molecule has 3 rings (SSSR count). The standard InChI is InChI=1S/C16H16N2O3S2/c1-11-17-15(9-22-11)13-3-2-4-14(8-13)18-16(19)7-12-5-6-23(20,21)10-12/h2-6,8-9,12H,7,10H2,1H3,(H,18,19)/t12-/m1/s1. The lowest BCUT2D eigenvalue weighted by Crippen LogP contribution is -2.17. The Balaban J connectivity index is 1.66. The first kappa shape index (κ1) is 15.9. The van der Waals surface area contributed by atoms with Crippen molar-refractivity contribution >= 4 is 32.8 Å². The first-order chi connectivity index (χ1) is 10.9. The number of carbonyl (C=O) groups is 1. The molecule has 120 valence electrons. The molecule has 1 atom stereocenters. The number of hydrogen-bond donors (Lipinski definition) is 1. The van der Waals surface area contributed by atoms with Gasteiger partial charge in [0, 0.05) is 34.4 Å². The molecule has 1 aliphatic rings. The number of aromatic nitrogens is 1. The van der Waals surface area contributed by atoms with Gasteiger partial charge < -0.3 is 5.32 Å². The molecule has 0 spiro atoms. The van der Waals surface area contributed by atoms with E-state index in [0.29, 0.717) is 5.69 Å². The van der Waals surface area contributed by atoms with Crippen LogP contribution in [0, 0.1) is 12.8 Å². The minimum atomic E-state index is -3.12. The molecule has 1 aliphatic heterocycles. The molecule has 7 heteroatoms. The average molecular weight is 348 g/mol. The highest BCUT2D eigenvalue weighted by Crippen LogP contribution is 2.25. The van der Waals surface area contributed by atoms with E-state index >= 15 is 0 Å². The summed E-state index contributed by atoms with van der Waals surface area (Å²) in [4.78, 5) is 16.5. The monoisotopic (exact) mass is 348 g/mol. The first-order valence-corrected chi connectivity index (χ1v) is 9.74. The van der Waals surface area contributed by atoms with Crippen molar-refractivity contribution in [2.24, 2.45) is 5.92 Å². The number of hydrogen-bond acceptors (Lipinski definition) is 5. The lowest BCUT2D eigenvalue weighted by Gasteiger charge is -2.09. The maximum Gasteiger partial charge on any atom is 0.224 e. The van der Waals surface area contributed by atoms with Crippen molar-refractivity contribution in [3.63, 3.8) is 0 Å². The number of thiazole rings is 1. The van der Waals surface area contributed by atoms with Crippen molar-refractivity contribution in [3.05, 3.63) is 46.1 Å². The molecule has 1 aromatic heterocycles. The van der Waals surface area contributed by atoms with Gasteiger partial charge in [-0.25, -0.2) is 13.4 Å². The first-order valence-electron chi connectivity index (χ1n) is 7.15. The highest BCUT2D eigenvalue weighted by molar-refractivity contribution is 7.94. The summed E-state index contributed by atoms with van der Waals surface area (Å²) in [6.45, 7) is 1.95. The molecule has 5 nitrogen and oxygen atoms in total. The van der Waals surface area contributed by atoms with Crippen molar-refractivity contribution in [1.82, 2.24) is 4.98 Å². The van der Waals surface area contributed by atoms with E-state index in [2.05, 4.69) is 10.3 Å². The van der Waals surface area contributed by atoms with Crippen LogP contribution in [0.4, 0.5) is 5.69 Å². The zero-order valence-corrected chi connectivity index (χ0v) is 14.2. The molecule has 0 aliphatic carbocycles. The Bertz CT molecular complexity index is 869. The summed E-state index contributed by atoms with van der Waals surface area (Å²) >= 11 is 1.58. The molecule has 1 N–H and O–H groups in total. The minimum Gasteiger partial charge on any atom is -0.326 e. The minimum absolute atomic E-state index is 0.0125. The third-order valence-corrected chi connectivity index (χ3v) is 5.75. The molecular weight excluding hydrogens is 332 g/mol. The third kappa shape index (κ3) is 4.05. The smallest absolute Gasteiger partial charge is 0.224 e. The van der Waals surface area contributed by atoms with E-state index in [4.69, 9.17) is 0 Å². The molecule has 0 saturated heterocycles. The molecule has 0 saturated carbocycles. The Morgan fingerprint density at radius 1 is 1.43 bits per heavy atom. The van der Waals surface area contributed by atoms with E-state index in [0.717, 1.165) is 16.3 Å². The molecule has 23 heavy (non-hydrogen) atoms. The van der Waals surface area contributed by atoms with E-state index in [9.17, 15) is 13.2 Å². The Morgan fingerprint density at radius 3 is 2.91 bits per heavy atom. The van der Waals surface area contributed by atoms with Crippen LogP contribution >= 0.6 is 11.3 Å². The van der Waals surface area contributed by atoms with Crippen LogP contribution in [0.15, 0.2) is 41.1 Å². The van der Waals surface area contributed by atoms with Gasteiger partial charge >= 0.3 is 0 Å². The molecule has 1 amide bonds. The number of anilines is 1. The fourth-order valence-corrected chi connectivity index (χ4v) is 4.49. The van der Waals surface area contributed by atoms with Crippen LogP contribution in [-0.4, -0.2) is 25.1 Å².